The van der Waals surface area contributed by atoms with Crippen molar-refractivity contribution < 1.29 is 22.7 Å². The summed E-state index contributed by atoms with van der Waals surface area (Å²) in [5.74, 6) is -0.310. The van der Waals surface area contributed by atoms with Crippen LogP contribution in [-0.4, -0.2) is 30.0 Å². The number of hydrogen-bond acceptors (Lipinski definition) is 4. The molecule has 1 amide bonds. The molecule has 0 radical (unpaired) electrons. The van der Waals surface area contributed by atoms with Crippen LogP contribution in [0.25, 0.3) is 11.1 Å². The highest BCUT2D eigenvalue weighted by Gasteiger charge is 2.28. The molecule has 0 bridgehead atoms. The minimum atomic E-state index is -4.70. The lowest BCUT2D eigenvalue weighted by Crippen LogP contribution is -2.20. The number of carbonyl (C=O) groups is 1. The van der Waals surface area contributed by atoms with Crippen molar-refractivity contribution in [2.24, 2.45) is 7.05 Å². The van der Waals surface area contributed by atoms with Gasteiger partial charge in [-0.05, 0) is 36.2 Å². The topological polar surface area (TPSA) is 72.4 Å². The van der Waals surface area contributed by atoms with Crippen LogP contribution in [0, 0.1) is 6.92 Å². The highest BCUT2D eigenvalue weighted by molar-refractivity contribution is 5.93. The van der Waals surface area contributed by atoms with Crippen LogP contribution in [0.15, 0.2) is 35.3 Å². The number of nitrogens with one attached hydrogen (secondary N) is 2. The first-order valence-corrected chi connectivity index (χ1v) is 8.10. The Hall–Kier alpha value is -2.81. The van der Waals surface area contributed by atoms with Crippen LogP contribution in [0.2, 0.25) is 0 Å². The molecule has 2 aromatic rings. The molecule has 0 saturated heterocycles. The Bertz CT molecular complexity index is 865. The zero-order valence-electron chi connectivity index (χ0n) is 15.1. The van der Waals surface area contributed by atoms with Crippen LogP contribution < -0.4 is 16.2 Å². The SMILES string of the molecule is CC(=O)Nc1ccc(-c2cc(C)c(=O)n(C)c2)cc1NCCOC(F)(F)F. The van der Waals surface area contributed by atoms with E-state index in [-0.39, 0.29) is 18.0 Å². The van der Waals surface area contributed by atoms with E-state index < -0.39 is 13.0 Å². The lowest BCUT2D eigenvalue weighted by Gasteiger charge is -2.15. The van der Waals surface area contributed by atoms with E-state index >= 15 is 0 Å². The van der Waals surface area contributed by atoms with E-state index in [1.807, 2.05) is 0 Å². The first kappa shape index (κ1) is 20.5. The van der Waals surface area contributed by atoms with E-state index in [4.69, 9.17) is 0 Å². The van der Waals surface area contributed by atoms with Gasteiger partial charge in [-0.3, -0.25) is 14.3 Å². The Kier molecular flexibility index (Phi) is 6.27. The van der Waals surface area contributed by atoms with E-state index in [0.29, 0.717) is 16.9 Å². The molecular formula is C18H20F3N3O3. The monoisotopic (exact) mass is 383 g/mol. The lowest BCUT2D eigenvalue weighted by atomic mass is 10.0. The van der Waals surface area contributed by atoms with Crippen molar-refractivity contribution in [3.63, 3.8) is 0 Å². The molecule has 0 aliphatic heterocycles. The summed E-state index contributed by atoms with van der Waals surface area (Å²) in [6.45, 7) is 2.35. The van der Waals surface area contributed by atoms with Crippen LogP contribution in [0.5, 0.6) is 0 Å². The maximum Gasteiger partial charge on any atom is 0.522 e. The summed E-state index contributed by atoms with van der Waals surface area (Å²) in [7, 11) is 1.64. The molecule has 6 nitrogen and oxygen atoms in total. The number of amides is 1. The van der Waals surface area contributed by atoms with Crippen LogP contribution in [0.1, 0.15) is 12.5 Å². The molecule has 2 rings (SSSR count). The summed E-state index contributed by atoms with van der Waals surface area (Å²) in [5, 5.41) is 5.46. The summed E-state index contributed by atoms with van der Waals surface area (Å²) < 4.78 is 41.5. The fraction of sp³-hybridized carbons (Fsp3) is 0.333. The average molecular weight is 383 g/mol. The van der Waals surface area contributed by atoms with Gasteiger partial charge in [0, 0.05) is 32.3 Å². The van der Waals surface area contributed by atoms with E-state index in [0.717, 1.165) is 11.1 Å². The number of rotatable bonds is 6. The molecule has 0 aliphatic carbocycles. The molecule has 0 spiro atoms. The van der Waals surface area contributed by atoms with Crippen molar-refractivity contribution in [3.8, 4) is 11.1 Å². The third kappa shape index (κ3) is 5.85. The predicted molar refractivity (Wildman–Crippen MR) is 96.7 cm³/mol. The number of hydrogen-bond donors (Lipinski definition) is 2. The number of carbonyl (C=O) groups excluding carboxylic acids is 1. The number of aryl methyl sites for hydroxylation is 2. The van der Waals surface area contributed by atoms with Crippen LogP contribution >= 0.6 is 0 Å². The van der Waals surface area contributed by atoms with E-state index in [1.165, 1.54) is 11.5 Å². The summed E-state index contributed by atoms with van der Waals surface area (Å²) in [4.78, 5) is 23.2. The Morgan fingerprint density at radius 2 is 1.89 bits per heavy atom. The van der Waals surface area contributed by atoms with Gasteiger partial charge in [-0.15, -0.1) is 13.2 Å². The van der Waals surface area contributed by atoms with E-state index in [9.17, 15) is 22.8 Å². The van der Waals surface area contributed by atoms with Crippen LogP contribution in [-0.2, 0) is 16.6 Å². The molecule has 2 N–H and O–H groups in total. The minimum Gasteiger partial charge on any atom is -0.381 e. The van der Waals surface area contributed by atoms with Crippen molar-refractivity contribution in [2.45, 2.75) is 20.2 Å². The highest BCUT2D eigenvalue weighted by Crippen LogP contribution is 2.29. The number of nitrogens with zero attached hydrogens (tertiary/aromatic N) is 1. The maximum absolute atomic E-state index is 12.1. The Balaban J connectivity index is 2.30. The van der Waals surface area contributed by atoms with Crippen molar-refractivity contribution in [1.29, 1.82) is 0 Å². The first-order chi connectivity index (χ1) is 12.6. The summed E-state index contributed by atoms with van der Waals surface area (Å²) >= 11 is 0. The standard InChI is InChI=1S/C18H20F3N3O3/c1-11-8-14(10-24(3)17(11)26)13-4-5-15(23-12(2)25)16(9-13)22-6-7-27-18(19,20)21/h4-5,8-10,22H,6-7H2,1-3H3,(H,23,25). The third-order valence-corrected chi connectivity index (χ3v) is 3.71. The largest absolute Gasteiger partial charge is 0.522 e. The highest BCUT2D eigenvalue weighted by atomic mass is 19.4. The van der Waals surface area contributed by atoms with Gasteiger partial charge in [0.05, 0.1) is 18.0 Å². The van der Waals surface area contributed by atoms with E-state index in [1.54, 1.807) is 44.4 Å². The molecule has 0 fully saturated rings. The van der Waals surface area contributed by atoms with Gasteiger partial charge in [-0.2, -0.15) is 0 Å². The molecular weight excluding hydrogens is 363 g/mol. The van der Waals surface area contributed by atoms with Gasteiger partial charge in [0.1, 0.15) is 0 Å². The number of pyridine rings is 1. The molecule has 27 heavy (non-hydrogen) atoms. The van der Waals surface area contributed by atoms with Gasteiger partial charge in [-0.1, -0.05) is 6.07 Å². The van der Waals surface area contributed by atoms with Gasteiger partial charge >= 0.3 is 6.36 Å². The smallest absolute Gasteiger partial charge is 0.381 e. The van der Waals surface area contributed by atoms with Gasteiger partial charge in [-0.25, -0.2) is 0 Å². The molecule has 1 aromatic carbocycles. The number of halogens is 3. The number of aromatic nitrogens is 1. The number of anilines is 2. The molecule has 9 heteroatoms. The van der Waals surface area contributed by atoms with E-state index in [2.05, 4.69) is 15.4 Å². The summed E-state index contributed by atoms with van der Waals surface area (Å²) in [6.07, 6.45) is -3.03. The number of benzene rings is 1. The number of ether oxygens (including phenoxy) is 1. The Labute approximate surface area is 154 Å². The average Bonchev–Trinajstić information content (AvgIpc) is 2.56. The fourth-order valence-electron chi connectivity index (χ4n) is 2.56. The molecule has 0 aliphatic rings. The zero-order chi connectivity index (χ0) is 20.2. The second kappa shape index (κ2) is 8.26. The van der Waals surface area contributed by atoms with Crippen molar-refractivity contribution >= 4 is 17.3 Å². The molecule has 0 unspecified atom stereocenters. The van der Waals surface area contributed by atoms with Gasteiger partial charge < -0.3 is 15.2 Å². The van der Waals surface area contributed by atoms with Crippen molar-refractivity contribution in [2.75, 3.05) is 23.8 Å². The fourth-order valence-corrected chi connectivity index (χ4v) is 2.56. The second-order valence-electron chi connectivity index (χ2n) is 5.99. The Morgan fingerprint density at radius 3 is 2.48 bits per heavy atom. The van der Waals surface area contributed by atoms with Crippen LogP contribution in [0.4, 0.5) is 24.5 Å². The zero-order valence-corrected chi connectivity index (χ0v) is 15.1. The van der Waals surface area contributed by atoms with Crippen LogP contribution in [0.3, 0.4) is 0 Å². The normalized spacial score (nSPS) is 11.3. The lowest BCUT2D eigenvalue weighted by molar-refractivity contribution is -0.322. The predicted octanol–water partition coefficient (Wildman–Crippen LogP) is 3.27. The quantitative estimate of drug-likeness (QED) is 0.751. The second-order valence-corrected chi connectivity index (χ2v) is 5.99. The number of alkyl halides is 3. The maximum atomic E-state index is 12.1. The van der Waals surface area contributed by atoms with Crippen molar-refractivity contribution in [3.05, 3.63) is 46.4 Å². The Morgan fingerprint density at radius 1 is 1.19 bits per heavy atom. The van der Waals surface area contributed by atoms with Crippen molar-refractivity contribution in [1.82, 2.24) is 4.57 Å². The molecule has 1 heterocycles. The molecule has 146 valence electrons. The van der Waals surface area contributed by atoms with Gasteiger partial charge in [0.2, 0.25) is 5.91 Å². The first-order valence-electron chi connectivity index (χ1n) is 8.10. The van der Waals surface area contributed by atoms with Gasteiger partial charge in [0.25, 0.3) is 5.56 Å². The van der Waals surface area contributed by atoms with Gasteiger partial charge in [0.15, 0.2) is 0 Å². The third-order valence-electron chi connectivity index (χ3n) is 3.71. The molecule has 0 saturated carbocycles. The minimum absolute atomic E-state index is 0.109. The summed E-state index contributed by atoms with van der Waals surface area (Å²) in [6, 6.07) is 6.82. The summed E-state index contributed by atoms with van der Waals surface area (Å²) in [5.41, 5.74) is 2.82. The molecule has 1 aromatic heterocycles. The molecule has 0 atom stereocenters.